The maximum absolute atomic E-state index is 11.0. The molecule has 2 aliphatic rings. The van der Waals surface area contributed by atoms with Gasteiger partial charge in [-0.15, -0.1) is 0 Å². The van der Waals surface area contributed by atoms with Gasteiger partial charge in [-0.05, 0) is 17.2 Å². The predicted molar refractivity (Wildman–Crippen MR) is 57.0 cm³/mol. The van der Waals surface area contributed by atoms with Crippen molar-refractivity contribution in [3.05, 3.63) is 47.5 Å². The molecule has 0 unspecified atom stereocenters. The highest BCUT2D eigenvalue weighted by Crippen LogP contribution is 2.31. The summed E-state index contributed by atoms with van der Waals surface area (Å²) in [7, 11) is 0. The maximum atomic E-state index is 11.0. The van der Waals surface area contributed by atoms with E-state index in [9.17, 15) is 9.59 Å². The molecule has 0 aromatic heterocycles. The normalized spacial score (nSPS) is 10.2. The second-order valence-corrected chi connectivity index (χ2v) is 3.32. The Morgan fingerprint density at radius 2 is 1.25 bits per heavy atom. The highest BCUT2D eigenvalue weighted by Gasteiger charge is 2.22. The number of hydrogen-bond donors (Lipinski definition) is 2. The molecule has 0 aliphatic heterocycles. The molecule has 2 rings (SSSR count). The zero-order valence-corrected chi connectivity index (χ0v) is 8.18. The molecule has 16 heavy (non-hydrogen) atoms. The average molecular weight is 216 g/mol. The van der Waals surface area contributed by atoms with Crippen LogP contribution in [0.25, 0.3) is 11.1 Å². The minimum atomic E-state index is -1.12. The van der Waals surface area contributed by atoms with E-state index in [4.69, 9.17) is 10.2 Å². The number of carbonyl (C=O) groups is 2. The van der Waals surface area contributed by atoms with E-state index >= 15 is 0 Å². The molecule has 2 N–H and O–H groups in total. The highest BCUT2D eigenvalue weighted by molar-refractivity contribution is 6.06. The van der Waals surface area contributed by atoms with Crippen LogP contribution >= 0.6 is 0 Å². The first-order valence-corrected chi connectivity index (χ1v) is 4.59. The number of carboxylic acids is 2. The van der Waals surface area contributed by atoms with Gasteiger partial charge in [0.25, 0.3) is 0 Å². The van der Waals surface area contributed by atoms with E-state index in [1.54, 1.807) is 30.3 Å². The highest BCUT2D eigenvalue weighted by atomic mass is 16.4. The van der Waals surface area contributed by atoms with E-state index in [0.717, 1.165) is 0 Å². The zero-order valence-electron chi connectivity index (χ0n) is 8.18. The lowest BCUT2D eigenvalue weighted by molar-refractivity contribution is 0.0694. The summed E-state index contributed by atoms with van der Waals surface area (Å²) in [6, 6.07) is 9.48. The molecule has 4 nitrogen and oxygen atoms in total. The second kappa shape index (κ2) is 3.66. The van der Waals surface area contributed by atoms with Gasteiger partial charge < -0.3 is 10.2 Å². The minimum absolute atomic E-state index is 0.0172. The Bertz CT molecular complexity index is 499. The van der Waals surface area contributed by atoms with Gasteiger partial charge in [0.2, 0.25) is 0 Å². The van der Waals surface area contributed by atoms with Gasteiger partial charge in [0.15, 0.2) is 0 Å². The molecule has 0 saturated carbocycles. The van der Waals surface area contributed by atoms with Crippen LogP contribution in [0, 0.1) is 0 Å². The first-order chi connectivity index (χ1) is 7.61. The van der Waals surface area contributed by atoms with E-state index in [-0.39, 0.29) is 11.1 Å². The first kappa shape index (κ1) is 10.2. The van der Waals surface area contributed by atoms with Crippen LogP contribution in [0.1, 0.15) is 20.7 Å². The van der Waals surface area contributed by atoms with Crippen molar-refractivity contribution in [2.24, 2.45) is 0 Å². The molecule has 0 fully saturated rings. The molecule has 0 bridgehead atoms. The third-order valence-electron chi connectivity index (χ3n) is 2.37. The van der Waals surface area contributed by atoms with Crippen LogP contribution in [0.2, 0.25) is 0 Å². The van der Waals surface area contributed by atoms with Crippen molar-refractivity contribution >= 4 is 11.9 Å². The smallest absolute Gasteiger partial charge is 0.336 e. The summed E-state index contributed by atoms with van der Waals surface area (Å²) in [5.74, 6) is -2.24. The van der Waals surface area contributed by atoms with Gasteiger partial charge in [-0.2, -0.15) is 0 Å². The van der Waals surface area contributed by atoms with Crippen LogP contribution in [0.3, 0.4) is 0 Å². The Hall–Kier alpha value is -2.36. The molecule has 0 atom stereocenters. The van der Waals surface area contributed by atoms with Crippen LogP contribution in [-0.4, -0.2) is 22.2 Å². The Balaban J connectivity index is 2.79. The van der Waals surface area contributed by atoms with Gasteiger partial charge in [-0.3, -0.25) is 0 Å². The lowest BCUT2D eigenvalue weighted by Crippen LogP contribution is -1.95. The second-order valence-electron chi connectivity index (χ2n) is 3.32. The Morgan fingerprint density at radius 3 is 1.62 bits per heavy atom. The van der Waals surface area contributed by atoms with E-state index in [0.29, 0.717) is 11.1 Å². The number of aromatic carboxylic acids is 2. The number of rotatable bonds is 2. The molecule has 0 saturated heterocycles. The fraction of sp³-hybridized carbons (Fsp3) is 0. The number of hydrogen-bond acceptors (Lipinski definition) is 2. The first-order valence-electron chi connectivity index (χ1n) is 4.59. The third kappa shape index (κ3) is 1.50. The Labute approximate surface area is 91.1 Å². The van der Waals surface area contributed by atoms with Crippen molar-refractivity contribution in [1.29, 1.82) is 0 Å². The summed E-state index contributed by atoms with van der Waals surface area (Å²) in [6.07, 6.45) is 0. The van der Waals surface area contributed by atoms with E-state index in [1.807, 2.05) is 0 Å². The van der Waals surface area contributed by atoms with E-state index < -0.39 is 11.9 Å². The predicted octanol–water partition coefficient (Wildman–Crippen LogP) is 2.19. The Morgan fingerprint density at radius 1 is 0.812 bits per heavy atom. The van der Waals surface area contributed by atoms with Crippen molar-refractivity contribution in [2.45, 2.75) is 0 Å². The molecule has 0 radical (unpaired) electrons. The van der Waals surface area contributed by atoms with Gasteiger partial charge in [-0.1, -0.05) is 30.3 Å². The van der Waals surface area contributed by atoms with Crippen molar-refractivity contribution in [2.75, 3.05) is 0 Å². The van der Waals surface area contributed by atoms with Gasteiger partial charge >= 0.3 is 11.9 Å². The fourth-order valence-corrected chi connectivity index (χ4v) is 1.67. The third-order valence-corrected chi connectivity index (χ3v) is 2.37. The van der Waals surface area contributed by atoms with E-state index in [2.05, 4.69) is 0 Å². The SMILES string of the molecule is O=C(O)c1cc(C(=O)O)c2cccccc1-2. The molecule has 2 aliphatic carbocycles. The molecule has 80 valence electrons. The molecule has 0 aromatic rings. The van der Waals surface area contributed by atoms with Gasteiger partial charge in [0, 0.05) is 0 Å². The van der Waals surface area contributed by atoms with Crippen molar-refractivity contribution in [3.8, 4) is 11.1 Å². The standard InChI is InChI=1S/C12H8O4/c13-11(14)9-6-10(12(15)16)8-5-3-1-2-4-7(8)9/h1-6H,(H,13,14)(H,15,16). The van der Waals surface area contributed by atoms with Crippen LogP contribution in [0.15, 0.2) is 36.4 Å². The molecule has 0 heterocycles. The topological polar surface area (TPSA) is 74.6 Å². The summed E-state index contributed by atoms with van der Waals surface area (Å²) >= 11 is 0. The Kier molecular flexibility index (Phi) is 2.32. The van der Waals surface area contributed by atoms with Crippen molar-refractivity contribution in [1.82, 2.24) is 0 Å². The van der Waals surface area contributed by atoms with Gasteiger partial charge in [-0.25, -0.2) is 9.59 Å². The van der Waals surface area contributed by atoms with Crippen molar-refractivity contribution in [3.63, 3.8) is 0 Å². The molecular formula is C12H8O4. The van der Waals surface area contributed by atoms with Crippen LogP contribution in [-0.2, 0) is 0 Å². The molecular weight excluding hydrogens is 208 g/mol. The van der Waals surface area contributed by atoms with Gasteiger partial charge in [0.1, 0.15) is 0 Å². The lowest BCUT2D eigenvalue weighted by atomic mass is 10.1. The number of carboxylic acid groups (broad SMARTS) is 2. The summed E-state index contributed by atoms with van der Waals surface area (Å²) in [6.45, 7) is 0. The minimum Gasteiger partial charge on any atom is -0.478 e. The quantitative estimate of drug-likeness (QED) is 0.806. The summed E-state index contributed by atoms with van der Waals surface area (Å²) in [4.78, 5) is 21.9. The molecule has 0 aromatic carbocycles. The van der Waals surface area contributed by atoms with Crippen LogP contribution in [0.5, 0.6) is 0 Å². The van der Waals surface area contributed by atoms with Gasteiger partial charge in [0.05, 0.1) is 11.1 Å². The summed E-state index contributed by atoms with van der Waals surface area (Å²) in [5.41, 5.74) is 0.914. The molecule has 0 amide bonds. The monoisotopic (exact) mass is 216 g/mol. The van der Waals surface area contributed by atoms with Crippen molar-refractivity contribution < 1.29 is 19.8 Å². The maximum Gasteiger partial charge on any atom is 0.336 e. The van der Waals surface area contributed by atoms with Crippen LogP contribution < -0.4 is 0 Å². The fourth-order valence-electron chi connectivity index (χ4n) is 1.67. The van der Waals surface area contributed by atoms with Crippen LogP contribution in [0.4, 0.5) is 0 Å². The number of fused-ring (bicyclic) bond motifs is 1. The zero-order chi connectivity index (χ0) is 11.7. The van der Waals surface area contributed by atoms with E-state index in [1.165, 1.54) is 6.07 Å². The largest absolute Gasteiger partial charge is 0.478 e. The average Bonchev–Trinajstić information content (AvgIpc) is 2.41. The molecule has 0 spiro atoms. The molecule has 4 heteroatoms. The summed E-state index contributed by atoms with van der Waals surface area (Å²) in [5, 5.41) is 17.9. The summed E-state index contributed by atoms with van der Waals surface area (Å²) < 4.78 is 0. The lowest BCUT2D eigenvalue weighted by Gasteiger charge is -1.96.